The third kappa shape index (κ3) is 3.32. The molecule has 0 N–H and O–H groups in total. The highest BCUT2D eigenvalue weighted by atomic mass is 32.2. The largest absolute Gasteiger partial charge is 0.494 e. The molecule has 1 aliphatic heterocycles. The fourth-order valence-corrected chi connectivity index (χ4v) is 4.93. The summed E-state index contributed by atoms with van der Waals surface area (Å²) in [6, 6.07) is 14.7. The lowest BCUT2D eigenvalue weighted by Crippen LogP contribution is -2.30. The normalized spacial score (nSPS) is 18.7. The number of ether oxygens (including phenoxy) is 1. The Hall–Kier alpha value is -1.85. The highest BCUT2D eigenvalue weighted by Gasteiger charge is 2.36. The first-order chi connectivity index (χ1) is 11.5. The molecule has 5 heteroatoms. The summed E-state index contributed by atoms with van der Waals surface area (Å²) in [5.74, 6) is 0.688. The van der Waals surface area contributed by atoms with Crippen LogP contribution in [0.5, 0.6) is 5.75 Å². The van der Waals surface area contributed by atoms with E-state index in [0.29, 0.717) is 23.8 Å². The van der Waals surface area contributed by atoms with Crippen LogP contribution >= 0.6 is 0 Å². The first-order valence-electron chi connectivity index (χ1n) is 8.33. The summed E-state index contributed by atoms with van der Waals surface area (Å²) in [4.78, 5) is 0.325. The van der Waals surface area contributed by atoms with Crippen LogP contribution in [0.2, 0.25) is 0 Å². The lowest BCUT2D eigenvalue weighted by molar-refractivity contribution is 0.340. The number of rotatable bonds is 5. The van der Waals surface area contributed by atoms with Crippen LogP contribution in [0.3, 0.4) is 0 Å². The van der Waals surface area contributed by atoms with Crippen molar-refractivity contribution in [3.63, 3.8) is 0 Å². The molecule has 1 aliphatic rings. The van der Waals surface area contributed by atoms with E-state index in [0.717, 1.165) is 24.0 Å². The third-order valence-electron chi connectivity index (χ3n) is 4.37. The Morgan fingerprint density at radius 3 is 2.58 bits per heavy atom. The quantitative estimate of drug-likeness (QED) is 0.825. The lowest BCUT2D eigenvalue weighted by atomic mass is 10.0. The summed E-state index contributed by atoms with van der Waals surface area (Å²) in [6.45, 7) is 5.06. The number of hydrogen-bond donors (Lipinski definition) is 0. The van der Waals surface area contributed by atoms with Crippen LogP contribution in [-0.4, -0.2) is 25.9 Å². The highest BCUT2D eigenvalue weighted by molar-refractivity contribution is 7.89. The molecule has 4 nitrogen and oxygen atoms in total. The van der Waals surface area contributed by atoms with Crippen LogP contribution in [0.25, 0.3) is 0 Å². The van der Waals surface area contributed by atoms with E-state index in [4.69, 9.17) is 4.74 Å². The zero-order chi connectivity index (χ0) is 17.2. The third-order valence-corrected chi connectivity index (χ3v) is 6.29. The topological polar surface area (TPSA) is 46.6 Å². The molecule has 0 amide bonds. The van der Waals surface area contributed by atoms with E-state index in [-0.39, 0.29) is 6.04 Å². The molecule has 0 aromatic heterocycles. The summed E-state index contributed by atoms with van der Waals surface area (Å²) in [6.07, 6.45) is 1.74. The minimum absolute atomic E-state index is 0.0820. The average molecular weight is 345 g/mol. The van der Waals surface area contributed by atoms with Gasteiger partial charge in [0.15, 0.2) is 0 Å². The molecule has 1 heterocycles. The van der Waals surface area contributed by atoms with Gasteiger partial charge in [0.2, 0.25) is 10.0 Å². The van der Waals surface area contributed by atoms with E-state index in [1.54, 1.807) is 28.6 Å². The van der Waals surface area contributed by atoms with Gasteiger partial charge >= 0.3 is 0 Å². The minimum Gasteiger partial charge on any atom is -0.494 e. The lowest BCUT2D eigenvalue weighted by Gasteiger charge is -2.25. The van der Waals surface area contributed by atoms with Crippen molar-refractivity contribution in [1.29, 1.82) is 0 Å². The van der Waals surface area contributed by atoms with Crippen LogP contribution in [0.4, 0.5) is 0 Å². The SMILES string of the molecule is CCOc1ccc(S(=O)(=O)N2CCC[C@@H]2c2cccc(C)c2)cc1. The van der Waals surface area contributed by atoms with Crippen molar-refractivity contribution in [3.8, 4) is 5.75 Å². The van der Waals surface area contributed by atoms with Gasteiger partial charge in [-0.3, -0.25) is 0 Å². The molecule has 0 radical (unpaired) electrons. The Bertz CT molecular complexity index is 800. The second-order valence-corrected chi connectivity index (χ2v) is 7.98. The van der Waals surface area contributed by atoms with Gasteiger partial charge in [0, 0.05) is 6.54 Å². The molecule has 0 saturated carbocycles. The van der Waals surface area contributed by atoms with Crippen molar-refractivity contribution < 1.29 is 13.2 Å². The molecule has 1 atom stereocenters. The van der Waals surface area contributed by atoms with Crippen LogP contribution < -0.4 is 4.74 Å². The van der Waals surface area contributed by atoms with Crippen molar-refractivity contribution >= 4 is 10.0 Å². The fourth-order valence-electron chi connectivity index (χ4n) is 3.25. The molecule has 0 bridgehead atoms. The van der Waals surface area contributed by atoms with E-state index >= 15 is 0 Å². The first-order valence-corrected chi connectivity index (χ1v) is 9.77. The van der Waals surface area contributed by atoms with Gasteiger partial charge in [-0.1, -0.05) is 29.8 Å². The van der Waals surface area contributed by atoms with Crippen molar-refractivity contribution in [2.45, 2.75) is 37.6 Å². The maximum absolute atomic E-state index is 13.1. The van der Waals surface area contributed by atoms with Gasteiger partial charge in [0.05, 0.1) is 17.5 Å². The maximum Gasteiger partial charge on any atom is 0.243 e. The maximum atomic E-state index is 13.1. The number of sulfonamides is 1. The first kappa shape index (κ1) is 17.0. The molecule has 128 valence electrons. The molecule has 0 aliphatic carbocycles. The number of aryl methyl sites for hydroxylation is 1. The van der Waals surface area contributed by atoms with Crippen LogP contribution in [-0.2, 0) is 10.0 Å². The zero-order valence-electron chi connectivity index (χ0n) is 14.1. The summed E-state index contributed by atoms with van der Waals surface area (Å²) < 4.78 is 33.1. The second-order valence-electron chi connectivity index (χ2n) is 6.09. The molecule has 0 unspecified atom stereocenters. The van der Waals surface area contributed by atoms with Crippen molar-refractivity contribution in [3.05, 3.63) is 59.7 Å². The van der Waals surface area contributed by atoms with Crippen LogP contribution in [0, 0.1) is 6.92 Å². The average Bonchev–Trinajstić information content (AvgIpc) is 3.06. The zero-order valence-corrected chi connectivity index (χ0v) is 14.9. The summed E-state index contributed by atoms with van der Waals surface area (Å²) in [5.41, 5.74) is 2.22. The molecular formula is C19H23NO3S. The van der Waals surface area contributed by atoms with Crippen molar-refractivity contribution in [1.82, 2.24) is 4.31 Å². The number of hydrogen-bond acceptors (Lipinski definition) is 3. The molecular weight excluding hydrogens is 322 g/mol. The summed E-state index contributed by atoms with van der Waals surface area (Å²) >= 11 is 0. The van der Waals surface area contributed by atoms with Gasteiger partial charge in [-0.25, -0.2) is 8.42 Å². The van der Waals surface area contributed by atoms with Gasteiger partial charge in [-0.05, 0) is 56.5 Å². The highest BCUT2D eigenvalue weighted by Crippen LogP contribution is 2.37. The molecule has 24 heavy (non-hydrogen) atoms. The fraction of sp³-hybridized carbons (Fsp3) is 0.368. The number of benzene rings is 2. The minimum atomic E-state index is -3.50. The Morgan fingerprint density at radius 1 is 1.17 bits per heavy atom. The van der Waals surface area contributed by atoms with Gasteiger partial charge in [0.25, 0.3) is 0 Å². The van der Waals surface area contributed by atoms with Gasteiger partial charge in [0.1, 0.15) is 5.75 Å². The van der Waals surface area contributed by atoms with E-state index in [9.17, 15) is 8.42 Å². The predicted molar refractivity (Wildman–Crippen MR) is 94.7 cm³/mol. The monoisotopic (exact) mass is 345 g/mol. The molecule has 2 aromatic rings. The molecule has 1 saturated heterocycles. The second kappa shape index (κ2) is 6.95. The van der Waals surface area contributed by atoms with Gasteiger partial charge < -0.3 is 4.74 Å². The van der Waals surface area contributed by atoms with E-state index in [2.05, 4.69) is 6.07 Å². The standard InChI is InChI=1S/C19H23NO3S/c1-3-23-17-9-11-18(12-10-17)24(21,22)20-13-5-8-19(20)16-7-4-6-15(2)14-16/h4,6-7,9-12,14,19H,3,5,8,13H2,1-2H3/t19-/m1/s1. The van der Waals surface area contributed by atoms with E-state index in [1.807, 2.05) is 32.0 Å². The predicted octanol–water partition coefficient (Wildman–Crippen LogP) is 3.92. The number of nitrogens with zero attached hydrogens (tertiary/aromatic N) is 1. The summed E-state index contributed by atoms with van der Waals surface area (Å²) in [5, 5.41) is 0. The summed E-state index contributed by atoms with van der Waals surface area (Å²) in [7, 11) is -3.50. The molecule has 3 rings (SSSR count). The van der Waals surface area contributed by atoms with Crippen molar-refractivity contribution in [2.75, 3.05) is 13.2 Å². The van der Waals surface area contributed by atoms with Gasteiger partial charge in [-0.15, -0.1) is 0 Å². The molecule has 1 fully saturated rings. The smallest absolute Gasteiger partial charge is 0.243 e. The van der Waals surface area contributed by atoms with Crippen molar-refractivity contribution in [2.24, 2.45) is 0 Å². The van der Waals surface area contributed by atoms with Gasteiger partial charge in [-0.2, -0.15) is 4.31 Å². The Labute approximate surface area is 144 Å². The van der Waals surface area contributed by atoms with Crippen LogP contribution in [0.15, 0.2) is 53.4 Å². The Morgan fingerprint density at radius 2 is 1.92 bits per heavy atom. The molecule has 0 spiro atoms. The van der Waals surface area contributed by atoms with Crippen LogP contribution in [0.1, 0.15) is 36.9 Å². The van der Waals surface area contributed by atoms with E-state index < -0.39 is 10.0 Å². The Kier molecular flexibility index (Phi) is 4.92. The Balaban J connectivity index is 1.90. The van der Waals surface area contributed by atoms with E-state index in [1.165, 1.54) is 0 Å². The molecule has 2 aromatic carbocycles.